The molecule has 0 aliphatic rings. The summed E-state index contributed by atoms with van der Waals surface area (Å²) in [4.78, 5) is 12.0. The fraction of sp³-hybridized carbons (Fsp3) is 0.333. The summed E-state index contributed by atoms with van der Waals surface area (Å²) in [6.07, 6.45) is 1.97. The molecule has 0 heterocycles. The van der Waals surface area contributed by atoms with Gasteiger partial charge in [0.25, 0.3) is 0 Å². The molecule has 26 heavy (non-hydrogen) atoms. The van der Waals surface area contributed by atoms with E-state index in [2.05, 4.69) is 10.5 Å². The van der Waals surface area contributed by atoms with E-state index < -0.39 is 0 Å². The Bertz CT molecular complexity index is 740. The minimum Gasteiger partial charge on any atom is -0.491 e. The molecule has 2 aromatic carbocycles. The van der Waals surface area contributed by atoms with Crippen molar-refractivity contribution in [2.24, 2.45) is 5.10 Å². The molecule has 0 bridgehead atoms. The number of amides is 1. The molecule has 1 N–H and O–H groups in total. The third-order valence-corrected chi connectivity index (χ3v) is 3.32. The van der Waals surface area contributed by atoms with Gasteiger partial charge in [0, 0.05) is 11.6 Å². The summed E-state index contributed by atoms with van der Waals surface area (Å²) < 4.78 is 11.5. The van der Waals surface area contributed by atoms with Crippen LogP contribution in [0.15, 0.2) is 53.6 Å². The smallest absolute Gasteiger partial charge is 0.244 e. The molecule has 0 aliphatic heterocycles. The average Bonchev–Trinajstić information content (AvgIpc) is 2.56. The fourth-order valence-corrected chi connectivity index (χ4v) is 2.32. The van der Waals surface area contributed by atoms with Crippen LogP contribution in [0.2, 0.25) is 0 Å². The normalized spacial score (nSPS) is 11.2. The summed E-state index contributed by atoms with van der Waals surface area (Å²) in [5, 5.41) is 4.05. The minimum absolute atomic E-state index is 0.0177. The van der Waals surface area contributed by atoms with Crippen LogP contribution in [-0.2, 0) is 11.2 Å². The molecular formula is C21H26N2O3. The standard InChI is InChI=1S/C21H26N2O3/c1-15(2)25-19-11-10-18(20(13-19)26-16(3)4)14-22-23-21(24)12-17-8-6-5-7-9-17/h5-11,13-16H,12H2,1-4H3,(H,23,24)/b22-14+. The number of benzene rings is 2. The summed E-state index contributed by atoms with van der Waals surface area (Å²) in [6.45, 7) is 7.86. The number of ether oxygens (including phenoxy) is 2. The van der Waals surface area contributed by atoms with Crippen molar-refractivity contribution in [2.75, 3.05) is 0 Å². The number of hydrogen-bond acceptors (Lipinski definition) is 4. The Morgan fingerprint density at radius 3 is 2.38 bits per heavy atom. The van der Waals surface area contributed by atoms with Crippen molar-refractivity contribution >= 4 is 12.1 Å². The van der Waals surface area contributed by atoms with Crippen LogP contribution in [0.5, 0.6) is 11.5 Å². The molecule has 5 nitrogen and oxygen atoms in total. The monoisotopic (exact) mass is 354 g/mol. The molecule has 0 aromatic heterocycles. The largest absolute Gasteiger partial charge is 0.491 e. The molecule has 0 radical (unpaired) electrons. The number of nitrogens with one attached hydrogen (secondary N) is 1. The second-order valence-electron chi connectivity index (χ2n) is 6.49. The van der Waals surface area contributed by atoms with E-state index in [0.717, 1.165) is 16.9 Å². The summed E-state index contributed by atoms with van der Waals surface area (Å²) in [5.74, 6) is 1.23. The van der Waals surface area contributed by atoms with Gasteiger partial charge in [0.05, 0.1) is 24.8 Å². The van der Waals surface area contributed by atoms with Crippen molar-refractivity contribution in [3.63, 3.8) is 0 Å². The van der Waals surface area contributed by atoms with Gasteiger partial charge in [0.15, 0.2) is 0 Å². The molecule has 0 spiro atoms. The van der Waals surface area contributed by atoms with Crippen LogP contribution >= 0.6 is 0 Å². The molecular weight excluding hydrogens is 328 g/mol. The Hall–Kier alpha value is -2.82. The third-order valence-electron chi connectivity index (χ3n) is 3.32. The molecule has 1 amide bonds. The predicted molar refractivity (Wildman–Crippen MR) is 104 cm³/mol. The lowest BCUT2D eigenvalue weighted by Crippen LogP contribution is -2.19. The molecule has 0 unspecified atom stereocenters. The number of nitrogens with zero attached hydrogens (tertiary/aromatic N) is 1. The maximum absolute atomic E-state index is 12.0. The van der Waals surface area contributed by atoms with E-state index in [0.29, 0.717) is 5.75 Å². The predicted octanol–water partition coefficient (Wildman–Crippen LogP) is 3.95. The van der Waals surface area contributed by atoms with Crippen LogP contribution < -0.4 is 14.9 Å². The second-order valence-corrected chi connectivity index (χ2v) is 6.49. The second kappa shape index (κ2) is 9.61. The SMILES string of the molecule is CC(C)Oc1ccc(/C=N/NC(=O)Cc2ccccc2)c(OC(C)C)c1. The quantitative estimate of drug-likeness (QED) is 0.577. The number of hydrogen-bond donors (Lipinski definition) is 1. The van der Waals surface area contributed by atoms with E-state index in [4.69, 9.17) is 9.47 Å². The number of rotatable bonds is 8. The van der Waals surface area contributed by atoms with Gasteiger partial charge in [0.1, 0.15) is 11.5 Å². The van der Waals surface area contributed by atoms with E-state index in [-0.39, 0.29) is 24.5 Å². The molecule has 138 valence electrons. The average molecular weight is 354 g/mol. The molecule has 0 aliphatic carbocycles. The Balaban J connectivity index is 2.04. The Morgan fingerprint density at radius 2 is 1.73 bits per heavy atom. The Morgan fingerprint density at radius 1 is 1.04 bits per heavy atom. The lowest BCUT2D eigenvalue weighted by atomic mass is 10.1. The van der Waals surface area contributed by atoms with Gasteiger partial charge in [-0.3, -0.25) is 4.79 Å². The number of carbonyl (C=O) groups excluding carboxylic acids is 1. The van der Waals surface area contributed by atoms with Crippen molar-refractivity contribution in [1.82, 2.24) is 5.43 Å². The van der Waals surface area contributed by atoms with E-state index in [1.54, 1.807) is 6.21 Å². The van der Waals surface area contributed by atoms with Crippen LogP contribution in [0, 0.1) is 0 Å². The van der Waals surface area contributed by atoms with E-state index >= 15 is 0 Å². The van der Waals surface area contributed by atoms with Crippen molar-refractivity contribution < 1.29 is 14.3 Å². The van der Waals surface area contributed by atoms with Gasteiger partial charge >= 0.3 is 0 Å². The molecule has 0 fully saturated rings. The van der Waals surface area contributed by atoms with Crippen molar-refractivity contribution in [3.8, 4) is 11.5 Å². The van der Waals surface area contributed by atoms with Crippen molar-refractivity contribution in [1.29, 1.82) is 0 Å². The summed E-state index contributed by atoms with van der Waals surface area (Å²) in [7, 11) is 0. The zero-order valence-corrected chi connectivity index (χ0v) is 15.7. The maximum atomic E-state index is 12.0. The summed E-state index contributed by atoms with van der Waals surface area (Å²) in [6, 6.07) is 15.1. The number of carbonyl (C=O) groups is 1. The van der Waals surface area contributed by atoms with Gasteiger partial charge in [0.2, 0.25) is 5.91 Å². The molecule has 0 atom stereocenters. The summed E-state index contributed by atoms with van der Waals surface area (Å²) in [5.41, 5.74) is 4.27. The van der Waals surface area contributed by atoms with Gasteiger partial charge in [-0.1, -0.05) is 30.3 Å². The van der Waals surface area contributed by atoms with Gasteiger partial charge < -0.3 is 9.47 Å². The molecule has 2 aromatic rings. The van der Waals surface area contributed by atoms with E-state index in [1.165, 1.54) is 0 Å². The van der Waals surface area contributed by atoms with Crippen LogP contribution in [-0.4, -0.2) is 24.3 Å². The molecule has 0 saturated carbocycles. The van der Waals surface area contributed by atoms with Gasteiger partial charge in [-0.05, 0) is 45.4 Å². The molecule has 0 saturated heterocycles. The molecule has 2 rings (SSSR count). The van der Waals surface area contributed by atoms with E-state index in [1.807, 2.05) is 76.2 Å². The van der Waals surface area contributed by atoms with Gasteiger partial charge in [-0.15, -0.1) is 0 Å². The first-order valence-electron chi connectivity index (χ1n) is 8.77. The third kappa shape index (κ3) is 6.59. The first-order valence-corrected chi connectivity index (χ1v) is 8.77. The van der Waals surface area contributed by atoms with Gasteiger partial charge in [-0.25, -0.2) is 5.43 Å². The first kappa shape index (κ1) is 19.5. The van der Waals surface area contributed by atoms with Crippen LogP contribution in [0.4, 0.5) is 0 Å². The zero-order chi connectivity index (χ0) is 18.9. The number of hydrazone groups is 1. The highest BCUT2D eigenvalue weighted by Crippen LogP contribution is 2.25. The highest BCUT2D eigenvalue weighted by Gasteiger charge is 2.08. The van der Waals surface area contributed by atoms with Crippen LogP contribution in [0.3, 0.4) is 0 Å². The van der Waals surface area contributed by atoms with Gasteiger partial charge in [-0.2, -0.15) is 5.10 Å². The van der Waals surface area contributed by atoms with Crippen molar-refractivity contribution in [2.45, 2.75) is 46.3 Å². The Kier molecular flexibility index (Phi) is 7.21. The maximum Gasteiger partial charge on any atom is 0.244 e. The topological polar surface area (TPSA) is 59.9 Å². The van der Waals surface area contributed by atoms with Crippen LogP contribution in [0.25, 0.3) is 0 Å². The van der Waals surface area contributed by atoms with E-state index in [9.17, 15) is 4.79 Å². The molecule has 5 heteroatoms. The van der Waals surface area contributed by atoms with Crippen molar-refractivity contribution in [3.05, 3.63) is 59.7 Å². The zero-order valence-electron chi connectivity index (χ0n) is 15.7. The Labute approximate surface area is 155 Å². The minimum atomic E-state index is -0.168. The highest BCUT2D eigenvalue weighted by atomic mass is 16.5. The highest BCUT2D eigenvalue weighted by molar-refractivity contribution is 5.86. The lowest BCUT2D eigenvalue weighted by molar-refractivity contribution is -0.120. The summed E-state index contributed by atoms with van der Waals surface area (Å²) >= 11 is 0. The lowest BCUT2D eigenvalue weighted by Gasteiger charge is -2.15. The van der Waals surface area contributed by atoms with Crippen LogP contribution in [0.1, 0.15) is 38.8 Å². The fourth-order valence-electron chi connectivity index (χ4n) is 2.32. The first-order chi connectivity index (χ1) is 12.4.